The minimum Gasteiger partial charge on any atom is -0.373 e. The van der Waals surface area contributed by atoms with Crippen LogP contribution in [0.15, 0.2) is 0 Å². The standard InChI is InChI=1S/C18H18N2O3S/c19-8-10-9-4-2-1-3-5-13(9)24-18(10)20-16(21)14-11-6-7-12(23-11)15(14)17(20)22/h11-12,14-15H,1-7H2/t11-,12+,14+,15-. The van der Waals surface area contributed by atoms with Crippen LogP contribution in [0.4, 0.5) is 5.00 Å². The smallest absolute Gasteiger partial charge is 0.241 e. The first-order valence-corrected chi connectivity index (χ1v) is 9.60. The van der Waals surface area contributed by atoms with E-state index in [-0.39, 0.29) is 35.9 Å². The molecule has 5 nitrogen and oxygen atoms in total. The molecule has 4 aliphatic rings. The zero-order valence-electron chi connectivity index (χ0n) is 13.3. The molecule has 5 rings (SSSR count). The predicted octanol–water partition coefficient (Wildman–Crippen LogP) is 2.56. The molecule has 24 heavy (non-hydrogen) atoms. The lowest BCUT2D eigenvalue weighted by molar-refractivity contribution is -0.124. The second-order valence-electron chi connectivity index (χ2n) is 7.21. The Bertz CT molecular complexity index is 765. The number of aryl methyl sites for hydroxylation is 1. The summed E-state index contributed by atoms with van der Waals surface area (Å²) in [6, 6.07) is 2.29. The molecule has 0 N–H and O–H groups in total. The van der Waals surface area contributed by atoms with Crippen LogP contribution in [0.1, 0.15) is 48.1 Å². The molecule has 6 heteroatoms. The van der Waals surface area contributed by atoms with Crippen molar-refractivity contribution in [2.24, 2.45) is 11.8 Å². The fourth-order valence-electron chi connectivity index (χ4n) is 4.91. The van der Waals surface area contributed by atoms with E-state index in [0.29, 0.717) is 10.6 Å². The Balaban J connectivity index is 1.59. The van der Waals surface area contributed by atoms with Gasteiger partial charge in [-0.2, -0.15) is 5.26 Å². The molecule has 0 radical (unpaired) electrons. The largest absolute Gasteiger partial charge is 0.373 e. The molecule has 1 aliphatic carbocycles. The van der Waals surface area contributed by atoms with Gasteiger partial charge in [-0.05, 0) is 44.1 Å². The first kappa shape index (κ1) is 14.6. The van der Waals surface area contributed by atoms with Crippen LogP contribution in [0.3, 0.4) is 0 Å². The highest BCUT2D eigenvalue weighted by atomic mass is 32.1. The molecule has 0 aromatic carbocycles. The predicted molar refractivity (Wildman–Crippen MR) is 87.7 cm³/mol. The minimum absolute atomic E-state index is 0.107. The summed E-state index contributed by atoms with van der Waals surface area (Å²) in [4.78, 5) is 28.4. The van der Waals surface area contributed by atoms with Crippen molar-refractivity contribution in [3.63, 3.8) is 0 Å². The van der Waals surface area contributed by atoms with Gasteiger partial charge in [0.25, 0.3) is 0 Å². The van der Waals surface area contributed by atoms with Gasteiger partial charge in [-0.1, -0.05) is 6.42 Å². The van der Waals surface area contributed by atoms with Gasteiger partial charge in [0.05, 0.1) is 29.6 Å². The van der Waals surface area contributed by atoms with Gasteiger partial charge in [0.15, 0.2) is 0 Å². The summed E-state index contributed by atoms with van der Waals surface area (Å²) in [5.74, 6) is -0.954. The Labute approximate surface area is 144 Å². The second kappa shape index (κ2) is 5.14. The molecular formula is C18H18N2O3S. The average molecular weight is 342 g/mol. The van der Waals surface area contributed by atoms with Crippen molar-refractivity contribution >= 4 is 28.2 Å². The first-order valence-electron chi connectivity index (χ1n) is 8.78. The lowest BCUT2D eigenvalue weighted by Crippen LogP contribution is -2.34. The van der Waals surface area contributed by atoms with E-state index in [1.54, 1.807) is 0 Å². The molecule has 124 valence electrons. The number of ether oxygens (including phenoxy) is 1. The maximum atomic E-state index is 13.0. The Hall–Kier alpha value is -1.71. The van der Waals surface area contributed by atoms with Crippen molar-refractivity contribution in [1.29, 1.82) is 5.26 Å². The van der Waals surface area contributed by atoms with Crippen LogP contribution in [0.25, 0.3) is 0 Å². The number of thiophene rings is 1. The van der Waals surface area contributed by atoms with Crippen LogP contribution in [-0.4, -0.2) is 24.0 Å². The maximum absolute atomic E-state index is 13.0. The van der Waals surface area contributed by atoms with Gasteiger partial charge in [0, 0.05) is 4.88 Å². The first-order chi connectivity index (χ1) is 11.7. The molecule has 0 unspecified atom stereocenters. The van der Waals surface area contributed by atoms with Crippen molar-refractivity contribution in [3.05, 3.63) is 16.0 Å². The van der Waals surface area contributed by atoms with Crippen LogP contribution in [0, 0.1) is 23.2 Å². The van der Waals surface area contributed by atoms with Crippen LogP contribution in [0.5, 0.6) is 0 Å². The summed E-state index contributed by atoms with van der Waals surface area (Å²) in [6.45, 7) is 0. The number of nitrogens with zero attached hydrogens (tertiary/aromatic N) is 2. The van der Waals surface area contributed by atoms with E-state index >= 15 is 0 Å². The average Bonchev–Trinajstić information content (AvgIpc) is 3.28. The number of imide groups is 1. The van der Waals surface area contributed by atoms with Crippen LogP contribution in [0.2, 0.25) is 0 Å². The topological polar surface area (TPSA) is 70.4 Å². The third-order valence-electron chi connectivity index (χ3n) is 6.00. The van der Waals surface area contributed by atoms with Gasteiger partial charge < -0.3 is 4.74 Å². The molecule has 3 saturated heterocycles. The van der Waals surface area contributed by atoms with Crippen molar-refractivity contribution in [2.45, 2.75) is 57.2 Å². The molecule has 2 bridgehead atoms. The SMILES string of the molecule is N#Cc1c(N2C(=O)[C@@H]3[C@H](C2=O)[C@@H]2CC[C@H]3O2)sc2c1CCCCC2. The van der Waals surface area contributed by atoms with E-state index in [1.807, 2.05) is 0 Å². The quantitative estimate of drug-likeness (QED) is 0.581. The fraction of sp³-hybridized carbons (Fsp3) is 0.611. The normalized spacial score (nSPS) is 34.2. The van der Waals surface area contributed by atoms with Crippen LogP contribution < -0.4 is 4.90 Å². The van der Waals surface area contributed by atoms with E-state index in [2.05, 4.69) is 6.07 Å². The van der Waals surface area contributed by atoms with E-state index in [0.717, 1.165) is 44.1 Å². The molecule has 0 saturated carbocycles. The monoisotopic (exact) mass is 342 g/mol. The van der Waals surface area contributed by atoms with Crippen molar-refractivity contribution in [2.75, 3.05) is 4.90 Å². The van der Waals surface area contributed by atoms with Gasteiger partial charge in [0.1, 0.15) is 11.1 Å². The van der Waals surface area contributed by atoms with Crippen molar-refractivity contribution < 1.29 is 14.3 Å². The lowest BCUT2D eigenvalue weighted by atomic mass is 9.81. The molecule has 3 fully saturated rings. The summed E-state index contributed by atoms with van der Waals surface area (Å²) < 4.78 is 5.79. The minimum atomic E-state index is -0.329. The zero-order valence-corrected chi connectivity index (χ0v) is 14.1. The Kier molecular flexibility index (Phi) is 3.13. The van der Waals surface area contributed by atoms with Crippen molar-refractivity contribution in [3.8, 4) is 6.07 Å². The highest BCUT2D eigenvalue weighted by molar-refractivity contribution is 7.17. The highest BCUT2D eigenvalue weighted by Crippen LogP contribution is 2.51. The molecule has 3 aliphatic heterocycles. The summed E-state index contributed by atoms with van der Waals surface area (Å²) >= 11 is 1.49. The van der Waals surface area contributed by atoms with Gasteiger partial charge >= 0.3 is 0 Å². The Morgan fingerprint density at radius 1 is 1.04 bits per heavy atom. The third-order valence-corrected chi connectivity index (χ3v) is 7.28. The molecule has 4 atom stereocenters. The lowest BCUT2D eigenvalue weighted by Gasteiger charge is -2.16. The highest BCUT2D eigenvalue weighted by Gasteiger charge is 2.63. The number of nitriles is 1. The molecule has 4 heterocycles. The zero-order chi connectivity index (χ0) is 16.4. The Morgan fingerprint density at radius 3 is 2.38 bits per heavy atom. The molecule has 1 aromatic rings. The number of hydrogen-bond donors (Lipinski definition) is 0. The van der Waals surface area contributed by atoms with E-state index < -0.39 is 0 Å². The summed E-state index contributed by atoms with van der Waals surface area (Å²) in [5.41, 5.74) is 1.64. The number of hydrogen-bond acceptors (Lipinski definition) is 5. The van der Waals surface area contributed by atoms with Crippen LogP contribution in [-0.2, 0) is 27.2 Å². The number of fused-ring (bicyclic) bond motifs is 6. The number of anilines is 1. The van der Waals surface area contributed by atoms with E-state index in [4.69, 9.17) is 4.74 Å². The second-order valence-corrected chi connectivity index (χ2v) is 8.29. The maximum Gasteiger partial charge on any atom is 0.241 e. The summed E-state index contributed by atoms with van der Waals surface area (Å²) in [5, 5.41) is 10.3. The molecular weight excluding hydrogens is 324 g/mol. The van der Waals surface area contributed by atoms with E-state index in [9.17, 15) is 14.9 Å². The fourth-order valence-corrected chi connectivity index (χ4v) is 6.26. The van der Waals surface area contributed by atoms with E-state index in [1.165, 1.54) is 27.5 Å². The third kappa shape index (κ3) is 1.77. The molecule has 1 aromatic heterocycles. The summed E-state index contributed by atoms with van der Waals surface area (Å²) in [7, 11) is 0. The summed E-state index contributed by atoms with van der Waals surface area (Å²) in [6.07, 6.45) is 6.71. The molecule has 0 spiro atoms. The van der Waals surface area contributed by atoms with Crippen molar-refractivity contribution in [1.82, 2.24) is 0 Å². The van der Waals surface area contributed by atoms with Gasteiger partial charge in [-0.25, -0.2) is 4.90 Å². The number of amides is 2. The number of rotatable bonds is 1. The molecule has 2 amide bonds. The number of carbonyl (C=O) groups is 2. The number of carbonyl (C=O) groups excluding carboxylic acids is 2. The van der Waals surface area contributed by atoms with Gasteiger partial charge in [0.2, 0.25) is 11.8 Å². The van der Waals surface area contributed by atoms with Crippen LogP contribution >= 0.6 is 11.3 Å². The Morgan fingerprint density at radius 2 is 1.71 bits per heavy atom. The van der Waals surface area contributed by atoms with Gasteiger partial charge in [-0.15, -0.1) is 11.3 Å². The van der Waals surface area contributed by atoms with Gasteiger partial charge in [-0.3, -0.25) is 9.59 Å².